The van der Waals surface area contributed by atoms with Gasteiger partial charge in [0.2, 0.25) is 0 Å². The van der Waals surface area contributed by atoms with E-state index in [2.05, 4.69) is 22.0 Å². The smallest absolute Gasteiger partial charge is 0.265 e. The number of amides is 2. The van der Waals surface area contributed by atoms with Crippen LogP contribution in [0.4, 0.5) is 0 Å². The molecule has 3 N–H and O–H groups in total. The molecule has 8 heteroatoms. The number of carbonyl (C=O) groups excluding carboxylic acids is 2. The van der Waals surface area contributed by atoms with Crippen molar-refractivity contribution in [1.82, 2.24) is 19.9 Å². The summed E-state index contributed by atoms with van der Waals surface area (Å²) in [6, 6.07) is 2.08. The second kappa shape index (κ2) is 6.03. The summed E-state index contributed by atoms with van der Waals surface area (Å²) in [5, 5.41) is 4.03. The molecule has 0 saturated carbocycles. The van der Waals surface area contributed by atoms with Crippen LogP contribution in [0, 0.1) is 0 Å². The Morgan fingerprint density at radius 2 is 2.24 bits per heavy atom. The molecule has 0 spiro atoms. The van der Waals surface area contributed by atoms with Crippen LogP contribution in [0.3, 0.4) is 0 Å². The van der Waals surface area contributed by atoms with Gasteiger partial charge >= 0.3 is 0 Å². The first-order chi connectivity index (χ1) is 12.1. The number of hydrogen-bond donors (Lipinski definition) is 2. The Hall–Kier alpha value is -2.61. The van der Waals surface area contributed by atoms with Crippen LogP contribution in [0.25, 0.3) is 0 Å². The van der Waals surface area contributed by atoms with Gasteiger partial charge in [-0.3, -0.25) is 14.5 Å². The normalized spacial score (nSPS) is 22.7. The van der Waals surface area contributed by atoms with Crippen LogP contribution in [-0.2, 0) is 13.0 Å². The molecule has 0 radical (unpaired) electrons. The lowest BCUT2D eigenvalue weighted by Crippen LogP contribution is -2.48. The van der Waals surface area contributed by atoms with E-state index in [0.29, 0.717) is 18.2 Å². The predicted molar refractivity (Wildman–Crippen MR) is 88.8 cm³/mol. The molecule has 2 aromatic rings. The molecule has 2 fully saturated rings. The zero-order chi connectivity index (χ0) is 17.6. The van der Waals surface area contributed by atoms with Gasteiger partial charge in [-0.25, -0.2) is 0 Å². The van der Waals surface area contributed by atoms with Crippen molar-refractivity contribution in [2.75, 3.05) is 13.1 Å². The van der Waals surface area contributed by atoms with E-state index in [-0.39, 0.29) is 17.6 Å². The summed E-state index contributed by atoms with van der Waals surface area (Å²) in [4.78, 5) is 30.9. The van der Waals surface area contributed by atoms with E-state index in [1.54, 1.807) is 12.5 Å². The van der Waals surface area contributed by atoms with Crippen LogP contribution in [0.5, 0.6) is 0 Å². The van der Waals surface area contributed by atoms with Crippen LogP contribution in [-0.4, -0.2) is 56.9 Å². The highest BCUT2D eigenvalue weighted by Crippen LogP contribution is 2.33. The number of nitrogens with one attached hydrogen (secondary N) is 1. The molecule has 25 heavy (non-hydrogen) atoms. The summed E-state index contributed by atoms with van der Waals surface area (Å²) in [6.45, 7) is 4.42. The Bertz CT molecular complexity index is 811. The number of H-pyrrole nitrogens is 1. The molecule has 2 atom stereocenters. The largest absolute Gasteiger partial charge is 0.364 e. The summed E-state index contributed by atoms with van der Waals surface area (Å²) in [5.74, 6) is -0.608. The maximum atomic E-state index is 12.7. The van der Waals surface area contributed by atoms with Gasteiger partial charge in [0.05, 0.1) is 11.3 Å². The lowest BCUT2D eigenvalue weighted by Gasteiger charge is -2.34. The van der Waals surface area contributed by atoms with Crippen molar-refractivity contribution in [3.05, 3.63) is 41.0 Å². The van der Waals surface area contributed by atoms with E-state index >= 15 is 0 Å². The average molecular weight is 343 g/mol. The standard InChI is InChI=1S/C17H21N5O3/c1-2-14-11(9-25-20-14)6-21-7-13-4-12(21)8-22(13)17(24)10-3-15(16(18)23)19-5-10/h3,5,9,12-13,19H,2,4,6-8H2,1H3,(H2,18,23)/t12-,13-/m0/s1. The van der Waals surface area contributed by atoms with E-state index in [1.807, 2.05) is 4.90 Å². The van der Waals surface area contributed by atoms with Crippen molar-refractivity contribution in [3.8, 4) is 0 Å². The molecule has 4 rings (SSSR count). The molecular weight excluding hydrogens is 322 g/mol. The first kappa shape index (κ1) is 15.9. The highest BCUT2D eigenvalue weighted by molar-refractivity contribution is 5.98. The quantitative estimate of drug-likeness (QED) is 0.833. The van der Waals surface area contributed by atoms with Gasteiger partial charge in [-0.15, -0.1) is 0 Å². The van der Waals surface area contributed by atoms with Gasteiger partial charge in [0.15, 0.2) is 0 Å². The molecular formula is C17H21N5O3. The number of hydrogen-bond acceptors (Lipinski definition) is 5. The summed E-state index contributed by atoms with van der Waals surface area (Å²) >= 11 is 0. The number of rotatable bonds is 5. The fourth-order valence-corrected chi connectivity index (χ4v) is 3.94. The summed E-state index contributed by atoms with van der Waals surface area (Å²) in [5.41, 5.74) is 8.11. The summed E-state index contributed by atoms with van der Waals surface area (Å²) in [7, 11) is 0. The number of carbonyl (C=O) groups is 2. The maximum absolute atomic E-state index is 12.7. The highest BCUT2D eigenvalue weighted by Gasteiger charge is 2.45. The van der Waals surface area contributed by atoms with Gasteiger partial charge in [-0.05, 0) is 18.9 Å². The number of nitrogens with zero attached hydrogens (tertiary/aromatic N) is 3. The number of aryl methyl sites for hydroxylation is 1. The molecule has 2 saturated heterocycles. The minimum Gasteiger partial charge on any atom is -0.364 e. The maximum Gasteiger partial charge on any atom is 0.265 e. The van der Waals surface area contributed by atoms with Gasteiger partial charge in [-0.2, -0.15) is 0 Å². The van der Waals surface area contributed by atoms with Gasteiger partial charge in [-0.1, -0.05) is 12.1 Å². The topological polar surface area (TPSA) is 108 Å². The molecule has 132 valence electrons. The van der Waals surface area contributed by atoms with Crippen LogP contribution < -0.4 is 5.73 Å². The molecule has 2 aliphatic rings. The van der Waals surface area contributed by atoms with Crippen molar-refractivity contribution < 1.29 is 14.1 Å². The van der Waals surface area contributed by atoms with Crippen molar-refractivity contribution >= 4 is 11.8 Å². The minimum absolute atomic E-state index is 0.0462. The van der Waals surface area contributed by atoms with Crippen LogP contribution >= 0.6 is 0 Å². The van der Waals surface area contributed by atoms with Gasteiger partial charge in [0, 0.05) is 43.5 Å². The van der Waals surface area contributed by atoms with Crippen molar-refractivity contribution in [2.45, 2.75) is 38.4 Å². The lowest BCUT2D eigenvalue weighted by molar-refractivity contribution is 0.0615. The second-order valence-corrected chi connectivity index (χ2v) is 6.74. The molecule has 0 unspecified atom stereocenters. The fourth-order valence-electron chi connectivity index (χ4n) is 3.94. The van der Waals surface area contributed by atoms with Gasteiger partial charge in [0.25, 0.3) is 11.8 Å². The fraction of sp³-hybridized carbons (Fsp3) is 0.471. The highest BCUT2D eigenvalue weighted by atomic mass is 16.5. The molecule has 2 bridgehead atoms. The van der Waals surface area contributed by atoms with E-state index < -0.39 is 5.91 Å². The van der Waals surface area contributed by atoms with E-state index in [4.69, 9.17) is 10.3 Å². The van der Waals surface area contributed by atoms with E-state index in [0.717, 1.165) is 37.2 Å². The summed E-state index contributed by atoms with van der Waals surface area (Å²) in [6.07, 6.45) is 5.11. The Labute approximate surface area is 144 Å². The van der Waals surface area contributed by atoms with Crippen molar-refractivity contribution in [2.24, 2.45) is 5.73 Å². The number of aromatic nitrogens is 2. The monoisotopic (exact) mass is 343 g/mol. The number of piperazine rings is 1. The Morgan fingerprint density at radius 3 is 2.88 bits per heavy atom. The third-order valence-electron chi connectivity index (χ3n) is 5.25. The Morgan fingerprint density at radius 1 is 1.40 bits per heavy atom. The van der Waals surface area contributed by atoms with Crippen LogP contribution in [0.2, 0.25) is 0 Å². The predicted octanol–water partition coefficient (Wildman–Crippen LogP) is 0.763. The number of aromatic amines is 1. The first-order valence-corrected chi connectivity index (χ1v) is 8.52. The van der Waals surface area contributed by atoms with Crippen molar-refractivity contribution in [1.29, 1.82) is 0 Å². The van der Waals surface area contributed by atoms with E-state index in [9.17, 15) is 9.59 Å². The first-order valence-electron chi connectivity index (χ1n) is 8.52. The Balaban J connectivity index is 1.42. The lowest BCUT2D eigenvalue weighted by atomic mass is 10.1. The molecule has 2 aromatic heterocycles. The zero-order valence-corrected chi connectivity index (χ0v) is 14.1. The van der Waals surface area contributed by atoms with Gasteiger partial charge < -0.3 is 20.1 Å². The molecule has 4 heterocycles. The van der Waals surface area contributed by atoms with E-state index in [1.165, 1.54) is 6.07 Å². The zero-order valence-electron chi connectivity index (χ0n) is 14.1. The van der Waals surface area contributed by atoms with Crippen molar-refractivity contribution in [3.63, 3.8) is 0 Å². The number of fused-ring (bicyclic) bond motifs is 2. The van der Waals surface area contributed by atoms with Crippen LogP contribution in [0.1, 0.15) is 45.4 Å². The molecule has 2 aliphatic heterocycles. The molecule has 0 aliphatic carbocycles. The number of primary amides is 1. The van der Waals surface area contributed by atoms with Gasteiger partial charge in [0.1, 0.15) is 12.0 Å². The third kappa shape index (κ3) is 2.72. The molecule has 8 nitrogen and oxygen atoms in total. The second-order valence-electron chi connectivity index (χ2n) is 6.74. The summed E-state index contributed by atoms with van der Waals surface area (Å²) < 4.78 is 5.08. The number of nitrogens with two attached hydrogens (primary N) is 1. The SMILES string of the molecule is CCc1nocc1CN1C[C@@H]2C[C@H]1CN2C(=O)c1c[nH]c(C(N)=O)c1. The molecule has 2 amide bonds. The Kier molecular flexibility index (Phi) is 3.84. The third-order valence-corrected chi connectivity index (χ3v) is 5.25. The number of likely N-dealkylation sites (tertiary alicyclic amines) is 2. The van der Waals surface area contributed by atoms with Crippen LogP contribution in [0.15, 0.2) is 23.0 Å². The molecule has 0 aromatic carbocycles. The minimum atomic E-state index is -0.561. The average Bonchev–Trinajstić information content (AvgIpc) is 3.37.